The van der Waals surface area contributed by atoms with E-state index in [0.29, 0.717) is 10.7 Å². The van der Waals surface area contributed by atoms with Crippen molar-refractivity contribution in [2.24, 2.45) is 0 Å². The number of nitrogens with zero attached hydrogens (tertiary/aromatic N) is 2. The lowest BCUT2D eigenvalue weighted by Crippen LogP contribution is -2.44. The van der Waals surface area contributed by atoms with Crippen molar-refractivity contribution in [1.82, 2.24) is 4.90 Å². The molecular formula is C24H28N2O4S2. The third-order valence-corrected chi connectivity index (χ3v) is 8.12. The fraction of sp³-hybridized carbons (Fsp3) is 0.458. The second-order valence-corrected chi connectivity index (χ2v) is 11.6. The Balaban J connectivity index is 1.72. The minimum Gasteiger partial charge on any atom is -0.507 e. The normalized spacial score (nSPS) is 22.7. The molecular weight excluding hydrogens is 444 g/mol. The zero-order valence-corrected chi connectivity index (χ0v) is 20.4. The average molecular weight is 473 g/mol. The highest BCUT2D eigenvalue weighted by molar-refractivity contribution is 8.26. The van der Waals surface area contributed by atoms with Gasteiger partial charge >= 0.3 is 5.97 Å². The number of aliphatic carboxylic acids is 1. The van der Waals surface area contributed by atoms with Crippen LogP contribution < -0.4 is 4.90 Å². The lowest BCUT2D eigenvalue weighted by atomic mass is 9.68. The molecule has 0 unspecified atom stereocenters. The Bertz CT molecular complexity index is 1090. The van der Waals surface area contributed by atoms with Crippen molar-refractivity contribution in [3.05, 3.63) is 39.8 Å². The summed E-state index contributed by atoms with van der Waals surface area (Å²) >= 11 is 6.23. The van der Waals surface area contributed by atoms with Gasteiger partial charge in [0.2, 0.25) is 0 Å². The molecule has 0 bridgehead atoms. The van der Waals surface area contributed by atoms with E-state index in [1.807, 2.05) is 6.08 Å². The van der Waals surface area contributed by atoms with E-state index in [9.17, 15) is 14.7 Å². The van der Waals surface area contributed by atoms with Crippen LogP contribution in [0.2, 0.25) is 0 Å². The van der Waals surface area contributed by atoms with Gasteiger partial charge in [0, 0.05) is 29.9 Å². The van der Waals surface area contributed by atoms with Gasteiger partial charge in [-0.15, -0.1) is 0 Å². The summed E-state index contributed by atoms with van der Waals surface area (Å²) in [4.78, 5) is 27.3. The minimum absolute atomic E-state index is 0.00352. The Morgan fingerprint density at radius 1 is 1.22 bits per heavy atom. The molecule has 8 heteroatoms. The maximum atomic E-state index is 12.5. The number of carboxylic acids is 1. The van der Waals surface area contributed by atoms with E-state index in [4.69, 9.17) is 17.3 Å². The molecule has 6 nitrogen and oxygen atoms in total. The van der Waals surface area contributed by atoms with E-state index in [1.165, 1.54) is 11.3 Å². The zero-order valence-electron chi connectivity index (χ0n) is 18.8. The van der Waals surface area contributed by atoms with E-state index in [0.717, 1.165) is 53.7 Å². The Labute approximate surface area is 198 Å². The van der Waals surface area contributed by atoms with E-state index >= 15 is 0 Å². The summed E-state index contributed by atoms with van der Waals surface area (Å²) < 4.78 is 0.238. The molecule has 1 saturated heterocycles. The minimum atomic E-state index is -1.11. The topological polar surface area (TPSA) is 81.1 Å². The van der Waals surface area contributed by atoms with Gasteiger partial charge in [-0.1, -0.05) is 63.8 Å². The number of allylic oxidation sites excluding steroid dienone is 2. The van der Waals surface area contributed by atoms with Gasteiger partial charge in [-0.2, -0.15) is 0 Å². The summed E-state index contributed by atoms with van der Waals surface area (Å²) in [6.45, 7) is 10.4. The second-order valence-electron chi connectivity index (χ2n) is 9.88. The molecule has 0 aliphatic carbocycles. The molecule has 3 aliphatic heterocycles. The first-order chi connectivity index (χ1) is 14.9. The fourth-order valence-corrected chi connectivity index (χ4v) is 5.95. The first-order valence-electron chi connectivity index (χ1n) is 10.7. The first kappa shape index (κ1) is 22.9. The summed E-state index contributed by atoms with van der Waals surface area (Å²) in [6.07, 6.45) is 7.21. The van der Waals surface area contributed by atoms with Crippen LogP contribution in [-0.4, -0.2) is 50.9 Å². The average Bonchev–Trinajstić information content (AvgIpc) is 2.95. The number of thioether (sulfide) groups is 1. The standard InChI is InChI=1S/C24H28N2O4S2/c1-23(2)8-10-25-11-9-24(3,4)18-19(25)15(23)12-14(20(18)29)6-5-7-16-21(30)26(13-17(27)28)22(31)32-16/h5-7,12,29H,8-11,13H2,1-4H3,(H,27,28)/b6-5+,16-7+. The highest BCUT2D eigenvalue weighted by Gasteiger charge is 2.42. The number of phenols is 1. The number of carbonyl (C=O) groups is 2. The fourth-order valence-electron chi connectivity index (χ4n) is 4.74. The molecule has 3 aliphatic rings. The molecule has 0 spiro atoms. The predicted molar refractivity (Wildman–Crippen MR) is 132 cm³/mol. The summed E-state index contributed by atoms with van der Waals surface area (Å²) in [5, 5.41) is 20.2. The van der Waals surface area contributed by atoms with Gasteiger partial charge in [0.15, 0.2) is 0 Å². The maximum absolute atomic E-state index is 12.5. The molecule has 170 valence electrons. The molecule has 0 atom stereocenters. The van der Waals surface area contributed by atoms with Gasteiger partial charge in [-0.3, -0.25) is 14.5 Å². The molecule has 1 aromatic rings. The lowest BCUT2D eigenvalue weighted by molar-refractivity contribution is -0.140. The number of carbonyl (C=O) groups excluding carboxylic acids is 1. The number of phenolic OH excluding ortho intramolecular Hbond substituents is 1. The van der Waals surface area contributed by atoms with Gasteiger partial charge in [-0.25, -0.2) is 0 Å². The smallest absolute Gasteiger partial charge is 0.323 e. The Hall–Kier alpha value is -2.32. The number of hydrogen-bond donors (Lipinski definition) is 2. The number of anilines is 1. The number of aromatic hydroxyl groups is 1. The van der Waals surface area contributed by atoms with Gasteiger partial charge in [0.25, 0.3) is 5.91 Å². The SMILES string of the molecule is CC1(C)CCN2CCC(C)(C)c3c(O)c(/C=C/C=C4/SC(=S)N(CC(=O)O)C4=O)cc1c32. The molecule has 0 aromatic heterocycles. The summed E-state index contributed by atoms with van der Waals surface area (Å²) in [5.74, 6) is -1.22. The lowest BCUT2D eigenvalue weighted by Gasteiger charge is -2.48. The van der Waals surface area contributed by atoms with Crippen molar-refractivity contribution in [2.45, 2.75) is 51.4 Å². The van der Waals surface area contributed by atoms with Crippen LogP contribution in [0.5, 0.6) is 5.75 Å². The summed E-state index contributed by atoms with van der Waals surface area (Å²) in [6, 6.07) is 2.07. The van der Waals surface area contributed by atoms with Crippen molar-refractivity contribution in [1.29, 1.82) is 0 Å². The van der Waals surface area contributed by atoms with Crippen LogP contribution >= 0.6 is 24.0 Å². The quantitative estimate of drug-likeness (QED) is 0.496. The highest BCUT2D eigenvalue weighted by atomic mass is 32.2. The van der Waals surface area contributed by atoms with Crippen LogP contribution in [0.15, 0.2) is 23.1 Å². The zero-order chi connectivity index (χ0) is 23.4. The molecule has 32 heavy (non-hydrogen) atoms. The molecule has 4 rings (SSSR count). The van der Waals surface area contributed by atoms with E-state index < -0.39 is 18.4 Å². The summed E-state index contributed by atoms with van der Waals surface area (Å²) in [7, 11) is 0. The Morgan fingerprint density at radius 3 is 2.53 bits per heavy atom. The van der Waals surface area contributed by atoms with Crippen LogP contribution in [-0.2, 0) is 20.4 Å². The van der Waals surface area contributed by atoms with E-state index in [1.54, 1.807) is 12.2 Å². The molecule has 3 heterocycles. The molecule has 1 fully saturated rings. The number of thiocarbonyl (C=S) groups is 1. The third kappa shape index (κ3) is 3.83. The van der Waals surface area contributed by atoms with Gasteiger partial charge in [0.1, 0.15) is 16.6 Å². The Kier molecular flexibility index (Phi) is 5.66. The largest absolute Gasteiger partial charge is 0.507 e. The van der Waals surface area contributed by atoms with Crippen molar-refractivity contribution in [3.8, 4) is 5.75 Å². The third-order valence-electron chi connectivity index (χ3n) is 6.73. The molecule has 0 saturated carbocycles. The van der Waals surface area contributed by atoms with Crippen molar-refractivity contribution < 1.29 is 19.8 Å². The number of carboxylic acid groups (broad SMARTS) is 1. The van der Waals surface area contributed by atoms with Crippen LogP contribution in [0.25, 0.3) is 6.08 Å². The predicted octanol–water partition coefficient (Wildman–Crippen LogP) is 4.40. The number of benzene rings is 1. The number of rotatable bonds is 4. The molecule has 0 radical (unpaired) electrons. The first-order valence-corrected chi connectivity index (χ1v) is 11.9. The van der Waals surface area contributed by atoms with Crippen LogP contribution in [0.3, 0.4) is 0 Å². The monoisotopic (exact) mass is 472 g/mol. The van der Waals surface area contributed by atoms with Crippen molar-refractivity contribution >= 4 is 51.9 Å². The van der Waals surface area contributed by atoms with Gasteiger partial charge in [-0.05, 0) is 41.4 Å². The Morgan fingerprint density at radius 2 is 1.88 bits per heavy atom. The molecule has 1 amide bonds. The van der Waals surface area contributed by atoms with E-state index in [2.05, 4.69) is 38.7 Å². The second kappa shape index (κ2) is 7.92. The van der Waals surface area contributed by atoms with Gasteiger partial charge in [0.05, 0.1) is 4.91 Å². The van der Waals surface area contributed by atoms with Crippen molar-refractivity contribution in [2.75, 3.05) is 24.5 Å². The summed E-state index contributed by atoms with van der Waals surface area (Å²) in [5.41, 5.74) is 4.02. The maximum Gasteiger partial charge on any atom is 0.323 e. The number of amides is 1. The van der Waals surface area contributed by atoms with E-state index in [-0.39, 0.29) is 15.2 Å². The molecule has 1 aromatic carbocycles. The van der Waals surface area contributed by atoms with Crippen LogP contribution in [0, 0.1) is 0 Å². The van der Waals surface area contributed by atoms with Crippen LogP contribution in [0.4, 0.5) is 5.69 Å². The molecule has 2 N–H and O–H groups in total. The van der Waals surface area contributed by atoms with Crippen LogP contribution in [0.1, 0.15) is 57.2 Å². The number of hydrogen-bond acceptors (Lipinski definition) is 6. The van der Waals surface area contributed by atoms with Gasteiger partial charge < -0.3 is 15.1 Å². The highest BCUT2D eigenvalue weighted by Crippen LogP contribution is 2.53. The van der Waals surface area contributed by atoms with Crippen molar-refractivity contribution in [3.63, 3.8) is 0 Å².